The van der Waals surface area contributed by atoms with Crippen molar-refractivity contribution in [2.75, 3.05) is 0 Å². The van der Waals surface area contributed by atoms with E-state index in [1.807, 2.05) is 24.3 Å². The summed E-state index contributed by atoms with van der Waals surface area (Å²) >= 11 is 7.02. The van der Waals surface area contributed by atoms with Crippen LogP contribution >= 0.6 is 31.9 Å². The molecule has 1 heterocycles. The minimum atomic E-state index is -4.32. The molecular formula is C20H12Br2F3N. The monoisotopic (exact) mass is 481 g/mol. The van der Waals surface area contributed by atoms with Crippen molar-refractivity contribution in [3.05, 3.63) is 80.7 Å². The molecule has 0 saturated heterocycles. The van der Waals surface area contributed by atoms with Crippen LogP contribution in [-0.4, -0.2) is 4.57 Å². The maximum atomic E-state index is 12.8. The fourth-order valence-corrected chi connectivity index (χ4v) is 3.89. The number of alkyl halides is 3. The van der Waals surface area contributed by atoms with Gasteiger partial charge < -0.3 is 4.57 Å². The first-order chi connectivity index (χ1) is 12.3. The average Bonchev–Trinajstić information content (AvgIpc) is 2.87. The Kier molecular flexibility index (Phi) is 4.35. The SMILES string of the molecule is FC(F)(F)c1ccc(Cn2c3cc(Br)ccc3c3ccc(Br)cc32)cc1. The normalized spacial score (nSPS) is 12.2. The topological polar surface area (TPSA) is 4.93 Å². The molecule has 1 aromatic heterocycles. The quantitative estimate of drug-likeness (QED) is 0.280. The van der Waals surface area contributed by atoms with E-state index in [1.54, 1.807) is 0 Å². The second-order valence-electron chi connectivity index (χ2n) is 6.10. The number of halogens is 5. The summed E-state index contributed by atoms with van der Waals surface area (Å²) in [7, 11) is 0. The van der Waals surface area contributed by atoms with E-state index < -0.39 is 11.7 Å². The van der Waals surface area contributed by atoms with E-state index in [0.29, 0.717) is 6.54 Å². The number of benzene rings is 3. The van der Waals surface area contributed by atoms with Crippen LogP contribution in [0.3, 0.4) is 0 Å². The van der Waals surface area contributed by atoms with Gasteiger partial charge in [0.2, 0.25) is 0 Å². The van der Waals surface area contributed by atoms with Crippen molar-refractivity contribution < 1.29 is 13.2 Å². The largest absolute Gasteiger partial charge is 0.416 e. The third-order valence-electron chi connectivity index (χ3n) is 4.41. The molecule has 132 valence electrons. The van der Waals surface area contributed by atoms with Gasteiger partial charge in [-0.15, -0.1) is 0 Å². The number of hydrogen-bond acceptors (Lipinski definition) is 0. The van der Waals surface area contributed by atoms with Crippen LogP contribution in [0.5, 0.6) is 0 Å². The van der Waals surface area contributed by atoms with Crippen LogP contribution in [0.2, 0.25) is 0 Å². The number of hydrogen-bond donors (Lipinski definition) is 0. The van der Waals surface area contributed by atoms with Gasteiger partial charge in [0, 0.05) is 26.3 Å². The number of nitrogens with zero attached hydrogens (tertiary/aromatic N) is 1. The Bertz CT molecular complexity index is 1050. The maximum absolute atomic E-state index is 12.8. The van der Waals surface area contributed by atoms with Crippen LogP contribution in [0.1, 0.15) is 11.1 Å². The summed E-state index contributed by atoms with van der Waals surface area (Å²) in [4.78, 5) is 0. The van der Waals surface area contributed by atoms with Gasteiger partial charge in [0.05, 0.1) is 16.6 Å². The molecule has 1 nitrogen and oxygen atoms in total. The highest BCUT2D eigenvalue weighted by molar-refractivity contribution is 9.10. The molecule has 0 bridgehead atoms. The van der Waals surface area contributed by atoms with E-state index in [9.17, 15) is 13.2 Å². The molecule has 6 heteroatoms. The molecule has 0 aliphatic carbocycles. The molecule has 0 amide bonds. The van der Waals surface area contributed by atoms with Crippen LogP contribution < -0.4 is 0 Å². The molecular weight excluding hydrogens is 471 g/mol. The Morgan fingerprint density at radius 3 is 1.69 bits per heavy atom. The zero-order valence-corrected chi connectivity index (χ0v) is 16.5. The molecule has 0 N–H and O–H groups in total. The standard InChI is InChI=1S/C20H12Br2F3N/c21-14-5-7-16-17-8-6-15(22)10-19(17)26(18(16)9-14)11-12-1-3-13(4-2-12)20(23,24)25/h1-10H,11H2. The lowest BCUT2D eigenvalue weighted by Gasteiger charge is -2.10. The van der Waals surface area contributed by atoms with Gasteiger partial charge in [-0.25, -0.2) is 0 Å². The summed E-state index contributed by atoms with van der Waals surface area (Å²) in [5.41, 5.74) is 2.26. The molecule has 0 radical (unpaired) electrons. The summed E-state index contributed by atoms with van der Waals surface area (Å²) in [6.45, 7) is 0.491. The summed E-state index contributed by atoms with van der Waals surface area (Å²) < 4.78 is 42.4. The summed E-state index contributed by atoms with van der Waals surface area (Å²) in [5.74, 6) is 0. The van der Waals surface area contributed by atoms with E-state index >= 15 is 0 Å². The van der Waals surface area contributed by atoms with E-state index in [-0.39, 0.29) is 0 Å². The molecule has 0 atom stereocenters. The highest BCUT2D eigenvalue weighted by Gasteiger charge is 2.29. The minimum absolute atomic E-state index is 0.491. The van der Waals surface area contributed by atoms with E-state index in [0.717, 1.165) is 48.4 Å². The Balaban J connectivity index is 1.86. The van der Waals surface area contributed by atoms with Gasteiger partial charge in [-0.05, 0) is 42.0 Å². The molecule has 26 heavy (non-hydrogen) atoms. The fraction of sp³-hybridized carbons (Fsp3) is 0.100. The van der Waals surface area contributed by atoms with Gasteiger partial charge in [0.1, 0.15) is 0 Å². The summed E-state index contributed by atoms with van der Waals surface area (Å²) in [6, 6.07) is 17.5. The summed E-state index contributed by atoms with van der Waals surface area (Å²) in [5, 5.41) is 2.23. The lowest BCUT2D eigenvalue weighted by molar-refractivity contribution is -0.137. The van der Waals surface area contributed by atoms with E-state index in [2.05, 4.69) is 48.6 Å². The fourth-order valence-electron chi connectivity index (χ4n) is 3.19. The zero-order chi connectivity index (χ0) is 18.5. The maximum Gasteiger partial charge on any atom is 0.416 e. The lowest BCUT2D eigenvalue weighted by atomic mass is 10.1. The second-order valence-corrected chi connectivity index (χ2v) is 7.94. The van der Waals surface area contributed by atoms with Crippen molar-refractivity contribution in [2.24, 2.45) is 0 Å². The van der Waals surface area contributed by atoms with Gasteiger partial charge in [0.25, 0.3) is 0 Å². The van der Waals surface area contributed by atoms with Crippen LogP contribution in [0.25, 0.3) is 21.8 Å². The highest BCUT2D eigenvalue weighted by atomic mass is 79.9. The Hall–Kier alpha value is -1.79. The van der Waals surface area contributed by atoms with Crippen LogP contribution in [0.15, 0.2) is 69.6 Å². The Morgan fingerprint density at radius 1 is 0.731 bits per heavy atom. The van der Waals surface area contributed by atoms with Crippen LogP contribution in [-0.2, 0) is 12.7 Å². The molecule has 0 unspecified atom stereocenters. The van der Waals surface area contributed by atoms with Crippen molar-refractivity contribution >= 4 is 53.7 Å². The molecule has 3 aromatic carbocycles. The predicted octanol–water partition coefficient (Wildman–Crippen LogP) is 7.39. The first-order valence-electron chi connectivity index (χ1n) is 7.86. The number of fused-ring (bicyclic) bond motifs is 3. The van der Waals surface area contributed by atoms with Crippen LogP contribution in [0.4, 0.5) is 13.2 Å². The van der Waals surface area contributed by atoms with Gasteiger partial charge in [0.15, 0.2) is 0 Å². The van der Waals surface area contributed by atoms with Crippen molar-refractivity contribution in [1.29, 1.82) is 0 Å². The van der Waals surface area contributed by atoms with Crippen molar-refractivity contribution in [3.63, 3.8) is 0 Å². The third-order valence-corrected chi connectivity index (χ3v) is 5.40. The first kappa shape index (κ1) is 17.6. The molecule has 4 aromatic rings. The smallest absolute Gasteiger partial charge is 0.336 e. The molecule has 0 aliphatic rings. The van der Waals surface area contributed by atoms with E-state index in [1.165, 1.54) is 12.1 Å². The Labute approximate surface area is 164 Å². The van der Waals surface area contributed by atoms with Crippen molar-refractivity contribution in [1.82, 2.24) is 4.57 Å². The average molecular weight is 483 g/mol. The van der Waals surface area contributed by atoms with Gasteiger partial charge in [-0.1, -0.05) is 56.1 Å². The zero-order valence-electron chi connectivity index (χ0n) is 13.3. The highest BCUT2D eigenvalue weighted by Crippen LogP contribution is 2.34. The lowest BCUT2D eigenvalue weighted by Crippen LogP contribution is -2.05. The molecule has 4 rings (SSSR count). The van der Waals surface area contributed by atoms with Crippen molar-refractivity contribution in [2.45, 2.75) is 12.7 Å². The molecule has 0 aliphatic heterocycles. The van der Waals surface area contributed by atoms with Crippen molar-refractivity contribution in [3.8, 4) is 0 Å². The molecule has 0 spiro atoms. The van der Waals surface area contributed by atoms with Gasteiger partial charge in [-0.3, -0.25) is 0 Å². The first-order valence-corrected chi connectivity index (χ1v) is 9.45. The van der Waals surface area contributed by atoms with Crippen LogP contribution in [0, 0.1) is 0 Å². The number of aromatic nitrogens is 1. The minimum Gasteiger partial charge on any atom is -0.336 e. The number of rotatable bonds is 2. The molecule has 0 fully saturated rings. The summed E-state index contributed by atoms with van der Waals surface area (Å²) in [6.07, 6.45) is -4.32. The Morgan fingerprint density at radius 2 is 1.23 bits per heavy atom. The van der Waals surface area contributed by atoms with Gasteiger partial charge >= 0.3 is 6.18 Å². The third kappa shape index (κ3) is 3.16. The van der Waals surface area contributed by atoms with Gasteiger partial charge in [-0.2, -0.15) is 13.2 Å². The second kappa shape index (κ2) is 6.43. The predicted molar refractivity (Wildman–Crippen MR) is 105 cm³/mol. The molecule has 0 saturated carbocycles. The van der Waals surface area contributed by atoms with E-state index in [4.69, 9.17) is 0 Å².